The van der Waals surface area contributed by atoms with Crippen molar-refractivity contribution in [1.29, 1.82) is 0 Å². The number of hydrogen-bond acceptors (Lipinski definition) is 3. The molecule has 2 aromatic rings. The van der Waals surface area contributed by atoms with Gasteiger partial charge < -0.3 is 19.9 Å². The van der Waals surface area contributed by atoms with Crippen LogP contribution in [0.4, 0.5) is 5.69 Å². The Morgan fingerprint density at radius 1 is 1.26 bits per heavy atom. The van der Waals surface area contributed by atoms with Crippen LogP contribution < -0.4 is 10.2 Å². The summed E-state index contributed by atoms with van der Waals surface area (Å²) in [7, 11) is 0. The maximum absolute atomic E-state index is 5.79. The minimum atomic E-state index is 0.812. The third kappa shape index (κ3) is 6.28. The van der Waals surface area contributed by atoms with Crippen molar-refractivity contribution in [3.8, 4) is 0 Å². The zero-order valence-corrected chi connectivity index (χ0v) is 17.9. The van der Waals surface area contributed by atoms with Gasteiger partial charge in [0.2, 0.25) is 0 Å². The molecule has 1 aromatic heterocycles. The van der Waals surface area contributed by atoms with Crippen molar-refractivity contribution in [3.63, 3.8) is 0 Å². The van der Waals surface area contributed by atoms with Crippen molar-refractivity contribution >= 4 is 34.4 Å². The van der Waals surface area contributed by atoms with E-state index in [0.717, 1.165) is 56.6 Å². The molecule has 0 bridgehead atoms. The largest absolute Gasteiger partial charge is 0.370 e. The SMILES string of the molecule is Cc1ccc(NC(=S)N(CCC[NH+]2CCOCC2)Cc2cccs2)c(C)c1. The summed E-state index contributed by atoms with van der Waals surface area (Å²) in [5.74, 6) is 0. The molecule has 2 heterocycles. The fraction of sp³-hybridized carbons (Fsp3) is 0.476. The van der Waals surface area contributed by atoms with Gasteiger partial charge in [-0.05, 0) is 49.1 Å². The van der Waals surface area contributed by atoms with E-state index in [1.807, 2.05) is 0 Å². The highest BCUT2D eigenvalue weighted by Gasteiger charge is 2.16. The standard InChI is InChI=1S/C21H29N3OS2/c1-17-6-7-20(18(2)15-17)22-21(26)24(16-19-5-3-14-27-19)9-4-8-23-10-12-25-13-11-23/h3,5-7,14-15H,4,8-13,16H2,1-2H3,(H,22,26)/p+1. The number of hydrogen-bond donors (Lipinski definition) is 2. The number of rotatable bonds is 7. The molecule has 0 atom stereocenters. The summed E-state index contributed by atoms with van der Waals surface area (Å²) < 4.78 is 5.46. The minimum Gasteiger partial charge on any atom is -0.370 e. The second-order valence-corrected chi connectivity index (χ2v) is 8.63. The molecule has 1 fully saturated rings. The Hall–Kier alpha value is -1.47. The van der Waals surface area contributed by atoms with E-state index in [2.05, 4.69) is 59.8 Å². The highest BCUT2D eigenvalue weighted by molar-refractivity contribution is 7.80. The normalized spacial score (nSPS) is 14.9. The second kappa shape index (κ2) is 10.2. The van der Waals surface area contributed by atoms with Crippen LogP contribution in [0.25, 0.3) is 0 Å². The van der Waals surface area contributed by atoms with E-state index in [9.17, 15) is 0 Å². The Labute approximate surface area is 172 Å². The summed E-state index contributed by atoms with van der Waals surface area (Å²) in [4.78, 5) is 5.30. The van der Waals surface area contributed by atoms with E-state index in [0.29, 0.717) is 0 Å². The van der Waals surface area contributed by atoms with Crippen molar-refractivity contribution in [2.24, 2.45) is 0 Å². The molecule has 0 saturated carbocycles. The number of thiocarbonyl (C=S) groups is 1. The van der Waals surface area contributed by atoms with E-state index in [1.54, 1.807) is 16.2 Å². The maximum atomic E-state index is 5.79. The molecule has 1 aliphatic rings. The van der Waals surface area contributed by atoms with Gasteiger partial charge in [-0.25, -0.2) is 0 Å². The molecule has 1 saturated heterocycles. The molecule has 146 valence electrons. The molecule has 6 heteroatoms. The fourth-order valence-corrected chi connectivity index (χ4v) is 4.41. The van der Waals surface area contributed by atoms with Crippen molar-refractivity contribution in [3.05, 3.63) is 51.7 Å². The molecular weight excluding hydrogens is 374 g/mol. The monoisotopic (exact) mass is 404 g/mol. The highest BCUT2D eigenvalue weighted by Crippen LogP contribution is 2.18. The molecule has 3 rings (SSSR count). The summed E-state index contributed by atoms with van der Waals surface area (Å²) in [6.45, 7) is 11.3. The van der Waals surface area contributed by atoms with Crippen molar-refractivity contribution < 1.29 is 9.64 Å². The first-order valence-corrected chi connectivity index (χ1v) is 11.0. The van der Waals surface area contributed by atoms with Gasteiger partial charge in [-0.1, -0.05) is 23.8 Å². The minimum absolute atomic E-state index is 0.812. The van der Waals surface area contributed by atoms with Crippen LogP contribution in [0.1, 0.15) is 22.4 Å². The molecular formula is C21H30N3OS2+. The zero-order valence-electron chi connectivity index (χ0n) is 16.3. The van der Waals surface area contributed by atoms with Crippen molar-refractivity contribution in [2.45, 2.75) is 26.8 Å². The van der Waals surface area contributed by atoms with Gasteiger partial charge in [-0.15, -0.1) is 11.3 Å². The quantitative estimate of drug-likeness (QED) is 0.695. The lowest BCUT2D eigenvalue weighted by molar-refractivity contribution is -0.908. The third-order valence-electron chi connectivity index (χ3n) is 5.00. The Bertz CT molecular complexity index is 727. The third-order valence-corrected chi connectivity index (χ3v) is 6.22. The molecule has 4 nitrogen and oxygen atoms in total. The van der Waals surface area contributed by atoms with Crippen LogP contribution in [0.2, 0.25) is 0 Å². The first kappa shape index (κ1) is 20.3. The number of nitrogens with one attached hydrogen (secondary N) is 2. The van der Waals surface area contributed by atoms with E-state index in [1.165, 1.54) is 22.5 Å². The first-order valence-electron chi connectivity index (χ1n) is 9.68. The molecule has 1 aromatic carbocycles. The summed E-state index contributed by atoms with van der Waals surface area (Å²) in [5.41, 5.74) is 3.60. The first-order chi connectivity index (χ1) is 13.1. The van der Waals surface area contributed by atoms with Gasteiger partial charge in [0.25, 0.3) is 0 Å². The summed E-state index contributed by atoms with van der Waals surface area (Å²) in [6, 6.07) is 10.7. The molecule has 27 heavy (non-hydrogen) atoms. The van der Waals surface area contributed by atoms with E-state index < -0.39 is 0 Å². The Morgan fingerprint density at radius 3 is 2.78 bits per heavy atom. The van der Waals surface area contributed by atoms with Crippen LogP contribution in [0.5, 0.6) is 0 Å². The van der Waals surface area contributed by atoms with Gasteiger partial charge in [0, 0.05) is 23.5 Å². The van der Waals surface area contributed by atoms with Crippen LogP contribution in [0.15, 0.2) is 35.7 Å². The van der Waals surface area contributed by atoms with E-state index >= 15 is 0 Å². The highest BCUT2D eigenvalue weighted by atomic mass is 32.1. The molecule has 2 N–H and O–H groups in total. The summed E-state index contributed by atoms with van der Waals surface area (Å²) >= 11 is 7.58. The molecule has 0 amide bonds. The number of aryl methyl sites for hydroxylation is 2. The zero-order chi connectivity index (χ0) is 19.1. The summed E-state index contributed by atoms with van der Waals surface area (Å²) in [6.07, 6.45) is 1.13. The average Bonchev–Trinajstić information content (AvgIpc) is 3.17. The van der Waals surface area contributed by atoms with Crippen LogP contribution in [0.3, 0.4) is 0 Å². The Morgan fingerprint density at radius 2 is 2.07 bits per heavy atom. The van der Waals surface area contributed by atoms with E-state index in [-0.39, 0.29) is 0 Å². The number of nitrogens with zero attached hydrogens (tertiary/aromatic N) is 1. The van der Waals surface area contributed by atoms with Gasteiger partial charge in [0.05, 0.1) is 26.3 Å². The predicted molar refractivity (Wildman–Crippen MR) is 118 cm³/mol. The van der Waals surface area contributed by atoms with Gasteiger partial charge in [0.1, 0.15) is 13.1 Å². The van der Waals surface area contributed by atoms with E-state index in [4.69, 9.17) is 17.0 Å². The molecule has 0 aliphatic carbocycles. The number of benzene rings is 1. The number of morpholine rings is 1. The van der Waals surface area contributed by atoms with Crippen LogP contribution in [-0.2, 0) is 11.3 Å². The van der Waals surface area contributed by atoms with Crippen LogP contribution in [0, 0.1) is 13.8 Å². The van der Waals surface area contributed by atoms with Gasteiger partial charge in [-0.3, -0.25) is 0 Å². The van der Waals surface area contributed by atoms with Gasteiger partial charge in [0.15, 0.2) is 5.11 Å². The number of anilines is 1. The van der Waals surface area contributed by atoms with Crippen LogP contribution in [-0.4, -0.2) is 49.4 Å². The van der Waals surface area contributed by atoms with Crippen molar-refractivity contribution in [1.82, 2.24) is 4.90 Å². The van der Waals surface area contributed by atoms with Gasteiger partial charge >= 0.3 is 0 Å². The van der Waals surface area contributed by atoms with Crippen LogP contribution >= 0.6 is 23.6 Å². The Balaban J connectivity index is 1.60. The van der Waals surface area contributed by atoms with Gasteiger partial charge in [-0.2, -0.15) is 0 Å². The lowest BCUT2D eigenvalue weighted by atomic mass is 10.1. The smallest absolute Gasteiger partial charge is 0.173 e. The number of ether oxygens (including phenoxy) is 1. The topological polar surface area (TPSA) is 28.9 Å². The molecule has 1 aliphatic heterocycles. The lowest BCUT2D eigenvalue weighted by Gasteiger charge is -2.28. The molecule has 0 spiro atoms. The average molecular weight is 405 g/mol. The fourth-order valence-electron chi connectivity index (χ4n) is 3.42. The maximum Gasteiger partial charge on any atom is 0.173 e. The Kier molecular flexibility index (Phi) is 7.64. The lowest BCUT2D eigenvalue weighted by Crippen LogP contribution is -3.14. The molecule has 0 radical (unpaired) electrons. The number of quaternary nitrogens is 1. The summed E-state index contributed by atoms with van der Waals surface area (Å²) in [5, 5.41) is 6.42. The molecule has 0 unspecified atom stereocenters. The second-order valence-electron chi connectivity index (χ2n) is 7.22. The number of thiophene rings is 1. The predicted octanol–water partition coefficient (Wildman–Crippen LogP) is 2.87. The van der Waals surface area contributed by atoms with Crippen molar-refractivity contribution in [2.75, 3.05) is 44.7 Å².